The minimum absolute atomic E-state index is 0.101. The molecular formula is C20H24N10O10P2S2. The zero-order valence-corrected chi connectivity index (χ0v) is 25.6. The SMILES string of the molecule is Nc1ncnc2c1ncn2[C@@H]1O[C@@H]2CO[P@@](=O)(S)O[C@H]3[C@@H](O)[C@H](n4cnc5c(N)ncnc54)O[C@@H]3CO[P@](=O)(S)O[C@H]2[C@H]1O. The van der Waals surface area contributed by atoms with Gasteiger partial charge in [-0.05, 0) is 0 Å². The van der Waals surface area contributed by atoms with Crippen LogP contribution in [0.5, 0.6) is 0 Å². The molecule has 3 fully saturated rings. The molecule has 3 aliphatic rings. The van der Waals surface area contributed by atoms with Gasteiger partial charge in [0.25, 0.3) is 0 Å². The quantitative estimate of drug-likeness (QED) is 0.121. The first kappa shape index (κ1) is 30.2. The monoisotopic (exact) mass is 690 g/mol. The van der Waals surface area contributed by atoms with Gasteiger partial charge in [0.2, 0.25) is 0 Å². The van der Waals surface area contributed by atoms with E-state index >= 15 is 0 Å². The topological polar surface area (TPSA) is 269 Å². The predicted molar refractivity (Wildman–Crippen MR) is 154 cm³/mol. The minimum atomic E-state index is -4.26. The van der Waals surface area contributed by atoms with Crippen LogP contribution in [-0.2, 0) is 36.7 Å². The Morgan fingerprint density at radius 3 is 1.55 bits per heavy atom. The van der Waals surface area contributed by atoms with Gasteiger partial charge >= 0.3 is 13.6 Å². The Labute approximate surface area is 256 Å². The summed E-state index contributed by atoms with van der Waals surface area (Å²) in [6, 6.07) is 0. The van der Waals surface area contributed by atoms with Crippen LogP contribution in [-0.4, -0.2) is 99.1 Å². The third kappa shape index (κ3) is 5.27. The molecule has 44 heavy (non-hydrogen) atoms. The van der Waals surface area contributed by atoms with Gasteiger partial charge in [0.05, 0.1) is 25.9 Å². The van der Waals surface area contributed by atoms with Gasteiger partial charge in [-0.25, -0.2) is 39.0 Å². The lowest BCUT2D eigenvalue weighted by Gasteiger charge is -2.28. The lowest BCUT2D eigenvalue weighted by Crippen LogP contribution is -2.38. The summed E-state index contributed by atoms with van der Waals surface area (Å²) in [7, 11) is 0. The van der Waals surface area contributed by atoms with Crippen molar-refractivity contribution >= 4 is 72.1 Å². The Bertz CT molecular complexity index is 1700. The number of nitrogen functional groups attached to an aromatic ring is 2. The number of hydrogen-bond acceptors (Lipinski definition) is 18. The van der Waals surface area contributed by atoms with Crippen molar-refractivity contribution in [2.24, 2.45) is 0 Å². The zero-order valence-electron chi connectivity index (χ0n) is 22.0. The Kier molecular flexibility index (Phi) is 7.63. The van der Waals surface area contributed by atoms with E-state index in [0.29, 0.717) is 0 Å². The van der Waals surface area contributed by atoms with Gasteiger partial charge in [-0.15, -0.1) is 0 Å². The molecule has 0 bridgehead atoms. The van der Waals surface area contributed by atoms with Gasteiger partial charge in [-0.1, -0.05) is 24.5 Å². The molecular weight excluding hydrogens is 666 g/mol. The van der Waals surface area contributed by atoms with Gasteiger partial charge in [-0.3, -0.25) is 27.2 Å². The normalized spacial score (nSPS) is 38.3. The molecule has 10 atom stereocenters. The van der Waals surface area contributed by atoms with Crippen LogP contribution in [0.2, 0.25) is 0 Å². The second kappa shape index (κ2) is 11.1. The Morgan fingerprint density at radius 1 is 0.727 bits per heavy atom. The summed E-state index contributed by atoms with van der Waals surface area (Å²) in [6.07, 6.45) is -5.50. The van der Waals surface area contributed by atoms with Crippen LogP contribution in [0.3, 0.4) is 0 Å². The number of hydrogen-bond donors (Lipinski definition) is 6. The number of thiol groups is 2. The summed E-state index contributed by atoms with van der Waals surface area (Å²) < 4.78 is 63.9. The Hall–Kier alpha value is -2.46. The predicted octanol–water partition coefficient (Wildman–Crippen LogP) is 0.240. The molecule has 7 heterocycles. The lowest BCUT2D eigenvalue weighted by atomic mass is 10.1. The highest BCUT2D eigenvalue weighted by molar-refractivity contribution is 8.44. The van der Waals surface area contributed by atoms with Crippen molar-refractivity contribution in [2.75, 3.05) is 24.7 Å². The number of ether oxygens (including phenoxy) is 2. The summed E-state index contributed by atoms with van der Waals surface area (Å²) in [4.78, 5) is 24.4. The largest absolute Gasteiger partial charge is 0.386 e. The van der Waals surface area contributed by atoms with Crippen molar-refractivity contribution in [2.45, 2.75) is 49.1 Å². The summed E-state index contributed by atoms with van der Waals surface area (Å²) in [6.45, 7) is -9.59. The Balaban J connectivity index is 1.17. The molecule has 0 saturated carbocycles. The van der Waals surface area contributed by atoms with Gasteiger partial charge < -0.3 is 31.2 Å². The number of rotatable bonds is 2. The molecule has 0 spiro atoms. The first-order valence-corrected chi connectivity index (χ1v) is 18.2. The van der Waals surface area contributed by atoms with Gasteiger partial charge in [-0.2, -0.15) is 0 Å². The van der Waals surface area contributed by atoms with E-state index in [0.717, 1.165) is 0 Å². The highest BCUT2D eigenvalue weighted by atomic mass is 32.7. The first-order chi connectivity index (χ1) is 20.9. The van der Waals surface area contributed by atoms with Crippen molar-refractivity contribution in [1.82, 2.24) is 39.0 Å². The number of anilines is 2. The molecule has 3 saturated heterocycles. The van der Waals surface area contributed by atoms with E-state index in [4.69, 9.17) is 39.0 Å². The van der Waals surface area contributed by atoms with Gasteiger partial charge in [0.1, 0.15) is 60.3 Å². The highest BCUT2D eigenvalue weighted by Crippen LogP contribution is 2.60. The third-order valence-corrected chi connectivity index (χ3v) is 10.5. The molecule has 0 unspecified atom stereocenters. The van der Waals surface area contributed by atoms with Crippen LogP contribution in [0.1, 0.15) is 12.5 Å². The van der Waals surface area contributed by atoms with Crippen molar-refractivity contribution in [3.63, 3.8) is 0 Å². The molecule has 4 aromatic rings. The fraction of sp³-hybridized carbons (Fsp3) is 0.500. The molecule has 7 rings (SSSR count). The molecule has 0 aliphatic carbocycles. The second-order valence-electron chi connectivity index (χ2n) is 9.95. The van der Waals surface area contributed by atoms with Crippen molar-refractivity contribution in [3.8, 4) is 0 Å². The molecule has 0 aromatic carbocycles. The summed E-state index contributed by atoms with van der Waals surface area (Å²) in [5.74, 6) is 0.203. The maximum absolute atomic E-state index is 13.4. The standard InChI is InChI=1S/C20H24N10O10P2S2/c21-15-9-17(25-3-23-15)29(5-27-9)19-11(31)13-7(37-19)1-35-41(33,43)40-14-8(2-36-42(34,44)39-13)38-20(12(14)32)30-6-28-10-16(22)24-4-26-18(10)30/h3-8,11-14,19-20,31-32H,1-2H2,(H,33,43)(H,34,44)(H2,21,23,25)(H2,22,24,26)/t7-,8-,11-,12-,13-,14-,19-,20-,41-,42+/m1/s1. The fourth-order valence-electron chi connectivity index (χ4n) is 5.24. The average Bonchev–Trinajstić information content (AvgIpc) is 3.73. The number of imidazole rings is 2. The molecule has 6 N–H and O–H groups in total. The molecule has 24 heteroatoms. The molecule has 236 valence electrons. The maximum atomic E-state index is 13.4. The van der Waals surface area contributed by atoms with Crippen LogP contribution in [0, 0.1) is 0 Å². The van der Waals surface area contributed by atoms with Crippen LogP contribution in [0.15, 0.2) is 25.3 Å². The van der Waals surface area contributed by atoms with Crippen LogP contribution >= 0.6 is 38.1 Å². The third-order valence-electron chi connectivity index (χ3n) is 7.26. The molecule has 3 aliphatic heterocycles. The van der Waals surface area contributed by atoms with E-state index in [-0.39, 0.29) is 34.0 Å². The number of fused-ring (bicyclic) bond motifs is 4. The summed E-state index contributed by atoms with van der Waals surface area (Å²) >= 11 is 8.16. The van der Waals surface area contributed by atoms with Crippen molar-refractivity contribution in [3.05, 3.63) is 25.3 Å². The Morgan fingerprint density at radius 2 is 1.14 bits per heavy atom. The van der Waals surface area contributed by atoms with E-state index in [2.05, 4.69) is 54.4 Å². The van der Waals surface area contributed by atoms with E-state index in [1.165, 1.54) is 34.4 Å². The van der Waals surface area contributed by atoms with Gasteiger partial charge in [0.15, 0.2) is 35.4 Å². The van der Waals surface area contributed by atoms with Crippen LogP contribution in [0.25, 0.3) is 22.3 Å². The minimum Gasteiger partial charge on any atom is -0.386 e. The number of nitrogens with zero attached hydrogens (tertiary/aromatic N) is 8. The molecule has 20 nitrogen and oxygen atoms in total. The number of nitrogens with two attached hydrogens (primary N) is 2. The van der Waals surface area contributed by atoms with Crippen molar-refractivity contribution < 1.29 is 46.9 Å². The summed E-state index contributed by atoms with van der Waals surface area (Å²) in [5.41, 5.74) is 12.7. The number of aliphatic hydroxyl groups excluding tert-OH is 2. The average molecular weight is 691 g/mol. The maximum Gasteiger partial charge on any atom is 0.386 e. The lowest BCUT2D eigenvalue weighted by molar-refractivity contribution is -0.0561. The highest BCUT2D eigenvalue weighted by Gasteiger charge is 2.53. The fourth-order valence-corrected chi connectivity index (χ4v) is 8.23. The van der Waals surface area contributed by atoms with E-state index in [1.807, 2.05) is 0 Å². The molecule has 4 aromatic heterocycles. The molecule has 0 radical (unpaired) electrons. The molecule has 0 amide bonds. The van der Waals surface area contributed by atoms with E-state index in [9.17, 15) is 19.3 Å². The van der Waals surface area contributed by atoms with Crippen molar-refractivity contribution in [1.29, 1.82) is 0 Å². The number of aromatic nitrogens is 8. The smallest absolute Gasteiger partial charge is 0.386 e. The number of aliphatic hydroxyl groups is 2. The second-order valence-corrected chi connectivity index (χ2v) is 15.7. The van der Waals surface area contributed by atoms with Gasteiger partial charge in [0, 0.05) is 0 Å². The van der Waals surface area contributed by atoms with Crippen LogP contribution < -0.4 is 11.5 Å². The zero-order chi connectivity index (χ0) is 31.0. The first-order valence-electron chi connectivity index (χ1n) is 12.8. The van der Waals surface area contributed by atoms with E-state index < -0.39 is 75.9 Å². The van der Waals surface area contributed by atoms with E-state index in [1.54, 1.807) is 0 Å². The van der Waals surface area contributed by atoms with Crippen LogP contribution in [0.4, 0.5) is 11.6 Å². The summed E-state index contributed by atoms with van der Waals surface area (Å²) in [5, 5.41) is 22.5.